The van der Waals surface area contributed by atoms with Gasteiger partial charge in [-0.25, -0.2) is 4.39 Å². The summed E-state index contributed by atoms with van der Waals surface area (Å²) in [6.07, 6.45) is -1.27. The fraction of sp³-hybridized carbons (Fsp3) is 0. The lowest BCUT2D eigenvalue weighted by atomic mass is 10.3. The first-order valence-corrected chi connectivity index (χ1v) is 3.74. The van der Waals surface area contributed by atoms with E-state index in [0.29, 0.717) is 0 Å². The summed E-state index contributed by atoms with van der Waals surface area (Å²) in [7, 11) is 0. The highest BCUT2D eigenvalue weighted by Crippen LogP contribution is 2.36. The summed E-state index contributed by atoms with van der Waals surface area (Å²) < 4.78 is 52.1. The average Bonchev–Trinajstić information content (AvgIpc) is 2.26. The van der Waals surface area contributed by atoms with Crippen LogP contribution < -0.4 is 9.47 Å². The van der Waals surface area contributed by atoms with E-state index in [1.165, 1.54) is 0 Å². The van der Waals surface area contributed by atoms with Gasteiger partial charge >= 0.3 is 0 Å². The standard InChI is InChI=1S/C8H4BrFO2/c9-5-1-2-6-8(7(5)10)12-4-3-11-6/h1-4H/i1D,2D,3D,4D. The fourth-order valence-corrected chi connectivity index (χ4v) is 1.01. The molecule has 0 unspecified atom stereocenters. The van der Waals surface area contributed by atoms with Crippen molar-refractivity contribution in [2.45, 2.75) is 0 Å². The Labute approximate surface area is 82.3 Å². The third kappa shape index (κ3) is 1.08. The van der Waals surface area contributed by atoms with Crippen LogP contribution in [-0.4, -0.2) is 0 Å². The van der Waals surface area contributed by atoms with Gasteiger partial charge in [-0.15, -0.1) is 0 Å². The zero-order chi connectivity index (χ0) is 12.0. The lowest BCUT2D eigenvalue weighted by Gasteiger charge is -2.12. The van der Waals surface area contributed by atoms with E-state index in [0.717, 1.165) is 0 Å². The third-order valence-corrected chi connectivity index (χ3v) is 1.78. The first kappa shape index (κ1) is 4.28. The molecule has 1 heterocycles. The highest BCUT2D eigenvalue weighted by Gasteiger charge is 2.15. The molecule has 2 nitrogen and oxygen atoms in total. The monoisotopic (exact) mass is 234 g/mol. The van der Waals surface area contributed by atoms with E-state index in [4.69, 9.17) is 15.0 Å². The van der Waals surface area contributed by atoms with Crippen molar-refractivity contribution < 1.29 is 19.3 Å². The Morgan fingerprint density at radius 1 is 1.33 bits per heavy atom. The van der Waals surface area contributed by atoms with Crippen LogP contribution in [0.2, 0.25) is 0 Å². The minimum atomic E-state index is -0.923. The molecular weight excluding hydrogens is 227 g/mol. The molecule has 0 atom stereocenters. The van der Waals surface area contributed by atoms with Crippen LogP contribution in [0.5, 0.6) is 11.5 Å². The van der Waals surface area contributed by atoms with Gasteiger partial charge in [-0.2, -0.15) is 0 Å². The minimum Gasteiger partial charge on any atom is -0.458 e. The van der Waals surface area contributed by atoms with Crippen molar-refractivity contribution in [2.75, 3.05) is 0 Å². The Morgan fingerprint density at radius 3 is 2.92 bits per heavy atom. The number of hydrogen-bond donors (Lipinski definition) is 0. The highest BCUT2D eigenvalue weighted by molar-refractivity contribution is 9.10. The number of ether oxygens (including phenoxy) is 2. The number of benzene rings is 1. The zero-order valence-electron chi connectivity index (χ0n) is 9.57. The first-order valence-electron chi connectivity index (χ1n) is 4.94. The molecule has 1 aliphatic rings. The molecule has 12 heavy (non-hydrogen) atoms. The maximum absolute atomic E-state index is 13.6. The molecule has 1 aliphatic heterocycles. The summed E-state index contributed by atoms with van der Waals surface area (Å²) in [5.41, 5.74) is 0. The van der Waals surface area contributed by atoms with Gasteiger partial charge in [-0.1, -0.05) is 0 Å². The topological polar surface area (TPSA) is 18.5 Å². The molecule has 0 radical (unpaired) electrons. The molecule has 0 spiro atoms. The van der Waals surface area contributed by atoms with Gasteiger partial charge in [0.25, 0.3) is 0 Å². The van der Waals surface area contributed by atoms with Crippen LogP contribution in [0.1, 0.15) is 5.48 Å². The van der Waals surface area contributed by atoms with Gasteiger partial charge in [-0.3, -0.25) is 0 Å². The Balaban J connectivity index is 2.70. The van der Waals surface area contributed by atoms with Gasteiger partial charge in [-0.05, 0) is 28.0 Å². The smallest absolute Gasteiger partial charge is 0.205 e. The quantitative estimate of drug-likeness (QED) is 0.688. The normalized spacial score (nSPS) is 19.5. The maximum Gasteiger partial charge on any atom is 0.205 e. The van der Waals surface area contributed by atoms with Crippen LogP contribution in [0, 0.1) is 5.82 Å². The van der Waals surface area contributed by atoms with E-state index >= 15 is 0 Å². The van der Waals surface area contributed by atoms with Crippen molar-refractivity contribution in [1.29, 1.82) is 0 Å². The van der Waals surface area contributed by atoms with Crippen LogP contribution in [-0.2, 0) is 0 Å². The van der Waals surface area contributed by atoms with Crippen LogP contribution in [0.4, 0.5) is 4.39 Å². The fourth-order valence-electron chi connectivity index (χ4n) is 0.729. The Morgan fingerprint density at radius 2 is 2.08 bits per heavy atom. The summed E-state index contributed by atoms with van der Waals surface area (Å²) in [6, 6.07) is -0.804. The first-order chi connectivity index (χ1) is 7.43. The van der Waals surface area contributed by atoms with E-state index in [1.807, 2.05) is 0 Å². The number of hydrogen-bond acceptors (Lipinski definition) is 2. The van der Waals surface area contributed by atoms with Crippen molar-refractivity contribution in [3.05, 3.63) is 34.9 Å². The lowest BCUT2D eigenvalue weighted by molar-refractivity contribution is 0.343. The minimum absolute atomic E-state index is 0.235. The van der Waals surface area contributed by atoms with E-state index in [2.05, 4.69) is 15.9 Å². The number of halogens is 2. The second-order valence-electron chi connectivity index (χ2n) is 1.94. The van der Waals surface area contributed by atoms with Crippen LogP contribution in [0.25, 0.3) is 0 Å². The Bertz CT molecular complexity index is 472. The molecule has 0 fully saturated rings. The average molecular weight is 235 g/mol. The molecule has 1 aromatic carbocycles. The third-order valence-electron chi connectivity index (χ3n) is 1.23. The molecule has 4 heteroatoms. The van der Waals surface area contributed by atoms with Crippen molar-refractivity contribution in [1.82, 2.24) is 0 Å². The van der Waals surface area contributed by atoms with Gasteiger partial charge in [0, 0.05) is 0 Å². The van der Waals surface area contributed by atoms with E-state index < -0.39 is 36.1 Å². The van der Waals surface area contributed by atoms with Gasteiger partial charge in [0.1, 0.15) is 15.2 Å². The highest BCUT2D eigenvalue weighted by atomic mass is 79.9. The number of fused-ring (bicyclic) bond motifs is 1. The van der Waals surface area contributed by atoms with Crippen LogP contribution >= 0.6 is 15.9 Å². The van der Waals surface area contributed by atoms with Crippen molar-refractivity contribution in [3.8, 4) is 11.5 Å². The SMILES string of the molecule is [2H]C1=C([2H])Oc2c(F)c(Br)c([2H])c([2H])c2O1. The summed E-state index contributed by atoms with van der Waals surface area (Å²) in [5, 5.41) is 0. The summed E-state index contributed by atoms with van der Waals surface area (Å²) in [5.74, 6) is -1.73. The molecule has 0 amide bonds. The largest absolute Gasteiger partial charge is 0.458 e. The Hall–Kier alpha value is -1.03. The molecule has 0 aliphatic carbocycles. The van der Waals surface area contributed by atoms with Crippen molar-refractivity contribution in [2.24, 2.45) is 0 Å². The molecule has 0 aromatic heterocycles. The van der Waals surface area contributed by atoms with Crippen LogP contribution in [0.3, 0.4) is 0 Å². The molecule has 0 N–H and O–H groups in total. The summed E-state index contributed by atoms with van der Waals surface area (Å²) >= 11 is 2.80. The second kappa shape index (κ2) is 2.79. The molecule has 2 rings (SSSR count). The Kier molecular flexibility index (Phi) is 0.992. The molecule has 62 valence electrons. The summed E-state index contributed by atoms with van der Waals surface area (Å²) in [4.78, 5) is 0. The van der Waals surface area contributed by atoms with E-state index in [-0.39, 0.29) is 10.2 Å². The van der Waals surface area contributed by atoms with E-state index in [1.54, 1.807) is 0 Å². The van der Waals surface area contributed by atoms with Crippen molar-refractivity contribution >= 4 is 15.9 Å². The van der Waals surface area contributed by atoms with Crippen LogP contribution in [0.15, 0.2) is 29.0 Å². The molecule has 0 saturated carbocycles. The predicted molar refractivity (Wildman–Crippen MR) is 44.5 cm³/mol. The molecular formula is C8H4BrFO2. The van der Waals surface area contributed by atoms with Gasteiger partial charge in [0.05, 0.1) is 7.21 Å². The van der Waals surface area contributed by atoms with Crippen molar-refractivity contribution in [3.63, 3.8) is 0 Å². The zero-order valence-corrected chi connectivity index (χ0v) is 7.16. The van der Waals surface area contributed by atoms with Gasteiger partial charge in [0.2, 0.25) is 5.75 Å². The molecule has 1 aromatic rings. The van der Waals surface area contributed by atoms with Gasteiger partial charge in [0.15, 0.2) is 11.6 Å². The summed E-state index contributed by atoms with van der Waals surface area (Å²) in [6.45, 7) is 0. The van der Waals surface area contributed by atoms with E-state index in [9.17, 15) is 4.39 Å². The lowest BCUT2D eigenvalue weighted by Crippen LogP contribution is -1.98. The second-order valence-corrected chi connectivity index (χ2v) is 2.74. The van der Waals surface area contributed by atoms with Gasteiger partial charge < -0.3 is 9.47 Å². The predicted octanol–water partition coefficient (Wildman–Crippen LogP) is 2.83. The molecule has 0 bridgehead atoms. The molecule has 0 saturated heterocycles. The maximum atomic E-state index is 13.6. The number of rotatable bonds is 0.